The monoisotopic (exact) mass is 208 g/mol. The van der Waals surface area contributed by atoms with E-state index in [1.54, 1.807) is 0 Å². The Hall–Kier alpha value is -0.300. The van der Waals surface area contributed by atoms with E-state index in [4.69, 9.17) is 0 Å². The van der Waals surface area contributed by atoms with Gasteiger partial charge in [0, 0.05) is 0 Å². The Morgan fingerprint density at radius 3 is 2.53 bits per heavy atom. The first-order chi connectivity index (χ1) is 7.04. The zero-order valence-electron chi connectivity index (χ0n) is 10.1. The van der Waals surface area contributed by atoms with Crippen molar-refractivity contribution in [1.29, 1.82) is 0 Å². The van der Waals surface area contributed by atoms with Gasteiger partial charge in [-0.05, 0) is 57.3 Å². The second-order valence-electron chi connectivity index (χ2n) is 6.10. The molecular weight excluding hydrogens is 184 g/mol. The third kappa shape index (κ3) is 3.07. The van der Waals surface area contributed by atoms with Crippen LogP contribution in [0, 0.1) is 17.8 Å². The molecule has 0 heterocycles. The number of aliphatic hydroxyl groups is 1. The molecule has 1 nitrogen and oxygen atoms in total. The van der Waals surface area contributed by atoms with Crippen molar-refractivity contribution in [2.24, 2.45) is 17.8 Å². The van der Waals surface area contributed by atoms with Crippen LogP contribution >= 0.6 is 0 Å². The van der Waals surface area contributed by atoms with Crippen LogP contribution in [0.2, 0.25) is 0 Å². The van der Waals surface area contributed by atoms with Gasteiger partial charge in [0.05, 0.1) is 5.60 Å². The van der Waals surface area contributed by atoms with Gasteiger partial charge < -0.3 is 5.11 Å². The van der Waals surface area contributed by atoms with Crippen LogP contribution < -0.4 is 0 Å². The average Bonchev–Trinajstić information content (AvgIpc) is 2.71. The molecule has 0 aromatic rings. The van der Waals surface area contributed by atoms with Crippen molar-refractivity contribution in [2.45, 2.75) is 58.0 Å². The van der Waals surface area contributed by atoms with Crippen molar-refractivity contribution in [2.75, 3.05) is 0 Å². The fourth-order valence-electron chi connectivity index (χ4n) is 3.19. The Morgan fingerprint density at radius 2 is 2.00 bits per heavy atom. The van der Waals surface area contributed by atoms with E-state index < -0.39 is 5.60 Å². The van der Waals surface area contributed by atoms with E-state index in [2.05, 4.69) is 12.2 Å². The summed E-state index contributed by atoms with van der Waals surface area (Å²) in [6.07, 6.45) is 12.5. The largest absolute Gasteiger partial charge is 0.390 e. The van der Waals surface area contributed by atoms with Crippen LogP contribution in [0.3, 0.4) is 0 Å². The van der Waals surface area contributed by atoms with Crippen molar-refractivity contribution in [1.82, 2.24) is 0 Å². The van der Waals surface area contributed by atoms with Crippen LogP contribution in [0.5, 0.6) is 0 Å². The molecule has 0 aromatic carbocycles. The predicted octanol–water partition coefficient (Wildman–Crippen LogP) is 3.53. The van der Waals surface area contributed by atoms with Gasteiger partial charge in [0.1, 0.15) is 0 Å². The van der Waals surface area contributed by atoms with Crippen LogP contribution in [0.15, 0.2) is 12.2 Å². The van der Waals surface area contributed by atoms with Gasteiger partial charge in [0.2, 0.25) is 0 Å². The zero-order valence-corrected chi connectivity index (χ0v) is 10.1. The fraction of sp³-hybridized carbons (Fsp3) is 0.857. The molecule has 0 saturated heterocycles. The molecule has 86 valence electrons. The van der Waals surface area contributed by atoms with E-state index in [0.717, 1.165) is 24.2 Å². The number of fused-ring (bicyclic) bond motifs is 2. The lowest BCUT2D eigenvalue weighted by Gasteiger charge is -2.20. The summed E-state index contributed by atoms with van der Waals surface area (Å²) in [7, 11) is 0. The molecule has 1 N–H and O–H groups in total. The van der Waals surface area contributed by atoms with Crippen molar-refractivity contribution in [3.63, 3.8) is 0 Å². The van der Waals surface area contributed by atoms with Gasteiger partial charge in [-0.2, -0.15) is 0 Å². The van der Waals surface area contributed by atoms with Crippen LogP contribution in [0.25, 0.3) is 0 Å². The Balaban J connectivity index is 1.61. The SMILES string of the molecule is CC(C)(O)CCCCC1CC2C=CC1C2. The van der Waals surface area contributed by atoms with Crippen molar-refractivity contribution in [3.8, 4) is 0 Å². The third-order valence-corrected chi connectivity index (χ3v) is 4.03. The Labute approximate surface area is 93.6 Å². The summed E-state index contributed by atoms with van der Waals surface area (Å²) in [4.78, 5) is 0. The summed E-state index contributed by atoms with van der Waals surface area (Å²) in [5, 5.41) is 9.60. The van der Waals surface area contributed by atoms with E-state index in [1.807, 2.05) is 13.8 Å². The molecule has 1 fully saturated rings. The summed E-state index contributed by atoms with van der Waals surface area (Å²) < 4.78 is 0. The molecule has 2 bridgehead atoms. The van der Waals surface area contributed by atoms with Gasteiger partial charge in [0.15, 0.2) is 0 Å². The topological polar surface area (TPSA) is 20.2 Å². The summed E-state index contributed by atoms with van der Waals surface area (Å²) in [6.45, 7) is 3.82. The first kappa shape index (κ1) is 11.2. The van der Waals surface area contributed by atoms with Crippen LogP contribution in [-0.4, -0.2) is 10.7 Å². The average molecular weight is 208 g/mol. The lowest BCUT2D eigenvalue weighted by Crippen LogP contribution is -2.18. The third-order valence-electron chi connectivity index (χ3n) is 4.03. The van der Waals surface area contributed by atoms with E-state index in [1.165, 1.54) is 32.1 Å². The van der Waals surface area contributed by atoms with E-state index in [-0.39, 0.29) is 0 Å². The van der Waals surface area contributed by atoms with Crippen molar-refractivity contribution >= 4 is 0 Å². The summed E-state index contributed by atoms with van der Waals surface area (Å²) in [6, 6.07) is 0. The zero-order chi connectivity index (χ0) is 10.9. The summed E-state index contributed by atoms with van der Waals surface area (Å²) in [5.41, 5.74) is -0.464. The van der Waals surface area contributed by atoms with Gasteiger partial charge in [-0.1, -0.05) is 25.0 Å². The molecule has 0 aliphatic heterocycles. The van der Waals surface area contributed by atoms with Crippen LogP contribution in [0.4, 0.5) is 0 Å². The number of allylic oxidation sites excluding steroid dienone is 2. The number of rotatable bonds is 5. The molecule has 1 heteroatoms. The molecule has 3 atom stereocenters. The second-order valence-corrected chi connectivity index (χ2v) is 6.10. The summed E-state index contributed by atoms with van der Waals surface area (Å²) >= 11 is 0. The Morgan fingerprint density at radius 1 is 1.20 bits per heavy atom. The maximum atomic E-state index is 9.60. The molecule has 2 aliphatic carbocycles. The normalized spacial score (nSPS) is 33.9. The first-order valence-electron chi connectivity index (χ1n) is 6.45. The van der Waals surface area contributed by atoms with Gasteiger partial charge in [-0.3, -0.25) is 0 Å². The standard InChI is InChI=1S/C14H24O/c1-14(2,15)8-4-3-5-12-9-11-6-7-13(12)10-11/h6-7,11-13,15H,3-5,8-10H2,1-2H3. The first-order valence-corrected chi connectivity index (χ1v) is 6.45. The molecule has 1 saturated carbocycles. The maximum absolute atomic E-state index is 9.60. The highest BCUT2D eigenvalue weighted by Crippen LogP contribution is 2.45. The molecule has 0 spiro atoms. The minimum Gasteiger partial charge on any atom is -0.390 e. The minimum absolute atomic E-state index is 0.464. The van der Waals surface area contributed by atoms with Gasteiger partial charge in [-0.15, -0.1) is 0 Å². The lowest BCUT2D eigenvalue weighted by atomic mass is 9.88. The van der Waals surface area contributed by atoms with Gasteiger partial charge >= 0.3 is 0 Å². The minimum atomic E-state index is -0.464. The van der Waals surface area contributed by atoms with E-state index in [9.17, 15) is 5.11 Å². The number of hydrogen-bond donors (Lipinski definition) is 1. The second kappa shape index (κ2) is 4.29. The highest BCUT2D eigenvalue weighted by Gasteiger charge is 2.34. The lowest BCUT2D eigenvalue weighted by molar-refractivity contribution is 0.0675. The van der Waals surface area contributed by atoms with E-state index >= 15 is 0 Å². The van der Waals surface area contributed by atoms with Crippen LogP contribution in [-0.2, 0) is 0 Å². The summed E-state index contributed by atoms with van der Waals surface area (Å²) in [5.74, 6) is 2.77. The Bertz CT molecular complexity index is 236. The van der Waals surface area contributed by atoms with Crippen molar-refractivity contribution < 1.29 is 5.11 Å². The Kier molecular flexibility index (Phi) is 3.20. The number of hydrogen-bond acceptors (Lipinski definition) is 1. The van der Waals surface area contributed by atoms with Gasteiger partial charge in [0.25, 0.3) is 0 Å². The molecule has 0 aromatic heterocycles. The molecule has 0 amide bonds. The van der Waals surface area contributed by atoms with E-state index in [0.29, 0.717) is 0 Å². The smallest absolute Gasteiger partial charge is 0.0591 e. The molecular formula is C14H24O. The fourth-order valence-corrected chi connectivity index (χ4v) is 3.19. The molecule has 0 radical (unpaired) electrons. The molecule has 15 heavy (non-hydrogen) atoms. The molecule has 2 aliphatic rings. The number of unbranched alkanes of at least 4 members (excludes halogenated alkanes) is 1. The molecule has 3 unspecified atom stereocenters. The van der Waals surface area contributed by atoms with Gasteiger partial charge in [-0.25, -0.2) is 0 Å². The highest BCUT2D eigenvalue weighted by molar-refractivity contribution is 5.09. The maximum Gasteiger partial charge on any atom is 0.0591 e. The molecule has 2 rings (SSSR count). The van der Waals surface area contributed by atoms with Crippen molar-refractivity contribution in [3.05, 3.63) is 12.2 Å². The predicted molar refractivity (Wildman–Crippen MR) is 63.6 cm³/mol. The highest BCUT2D eigenvalue weighted by atomic mass is 16.3. The quantitative estimate of drug-likeness (QED) is 0.541. The van der Waals surface area contributed by atoms with Crippen LogP contribution in [0.1, 0.15) is 52.4 Å².